The molecule has 0 amide bonds. The molecule has 1 saturated heterocycles. The highest BCUT2D eigenvalue weighted by molar-refractivity contribution is 5.11. The molecule has 2 unspecified atom stereocenters. The molecule has 2 aliphatic rings. The lowest BCUT2D eigenvalue weighted by Gasteiger charge is -2.28. The fourth-order valence-electron chi connectivity index (χ4n) is 2.57. The average molecular weight is 220 g/mol. The van der Waals surface area contributed by atoms with Crippen LogP contribution in [0.3, 0.4) is 0 Å². The monoisotopic (exact) mass is 220 g/mol. The number of epoxide rings is 1. The zero-order valence-electron chi connectivity index (χ0n) is 10.8. The molecule has 0 radical (unpaired) electrons. The van der Waals surface area contributed by atoms with E-state index in [4.69, 9.17) is 4.74 Å². The maximum absolute atomic E-state index is 5.97. The minimum absolute atomic E-state index is 0.102. The van der Waals surface area contributed by atoms with Gasteiger partial charge >= 0.3 is 0 Å². The predicted molar refractivity (Wildman–Crippen MR) is 68.4 cm³/mol. The Balaban J connectivity index is 2.06. The van der Waals surface area contributed by atoms with Gasteiger partial charge in [0, 0.05) is 0 Å². The van der Waals surface area contributed by atoms with E-state index < -0.39 is 0 Å². The Morgan fingerprint density at radius 1 is 0.938 bits per heavy atom. The maximum atomic E-state index is 5.97. The quantitative estimate of drug-likeness (QED) is 0.439. The molecular formula is C15H24O. The van der Waals surface area contributed by atoms with E-state index >= 15 is 0 Å². The van der Waals surface area contributed by atoms with E-state index in [2.05, 4.69) is 45.1 Å². The molecule has 0 saturated carbocycles. The molecule has 16 heavy (non-hydrogen) atoms. The Labute approximate surface area is 99.6 Å². The van der Waals surface area contributed by atoms with Crippen molar-refractivity contribution in [2.75, 3.05) is 0 Å². The molecule has 2 atom stereocenters. The van der Waals surface area contributed by atoms with Crippen LogP contribution < -0.4 is 0 Å². The molecule has 0 bridgehead atoms. The lowest BCUT2D eigenvalue weighted by molar-refractivity contribution is 0.156. The van der Waals surface area contributed by atoms with Crippen LogP contribution in [0.4, 0.5) is 0 Å². The van der Waals surface area contributed by atoms with Crippen LogP contribution in [0.1, 0.15) is 52.9 Å². The van der Waals surface area contributed by atoms with Gasteiger partial charge in [-0.3, -0.25) is 0 Å². The third-order valence-corrected chi connectivity index (χ3v) is 4.35. The first kappa shape index (κ1) is 11.9. The molecule has 0 N–H and O–H groups in total. The van der Waals surface area contributed by atoms with Crippen molar-refractivity contribution < 1.29 is 4.74 Å². The smallest absolute Gasteiger partial charge is 0.0973 e. The Morgan fingerprint density at radius 3 is 2.31 bits per heavy atom. The van der Waals surface area contributed by atoms with Crippen molar-refractivity contribution in [1.29, 1.82) is 0 Å². The van der Waals surface area contributed by atoms with Crippen LogP contribution in [0.25, 0.3) is 0 Å². The number of hydrogen-bond acceptors (Lipinski definition) is 1. The van der Waals surface area contributed by atoms with Gasteiger partial charge in [0.25, 0.3) is 0 Å². The first-order chi connectivity index (χ1) is 7.56. The second-order valence-corrected chi connectivity index (χ2v) is 5.90. The van der Waals surface area contributed by atoms with Gasteiger partial charge in [0.2, 0.25) is 0 Å². The van der Waals surface area contributed by atoms with Crippen molar-refractivity contribution in [2.45, 2.75) is 64.6 Å². The van der Waals surface area contributed by atoms with Gasteiger partial charge in [0.05, 0.1) is 11.7 Å². The molecule has 0 aromatic heterocycles. The Kier molecular flexibility index (Phi) is 3.25. The number of hydrogen-bond donors (Lipinski definition) is 0. The molecule has 0 spiro atoms. The van der Waals surface area contributed by atoms with Crippen LogP contribution in [-0.2, 0) is 4.74 Å². The molecule has 1 heteroatoms. The molecule has 0 aromatic carbocycles. The highest BCUT2D eigenvalue weighted by atomic mass is 16.6. The van der Waals surface area contributed by atoms with Gasteiger partial charge in [-0.15, -0.1) is 0 Å². The lowest BCUT2D eigenvalue weighted by atomic mass is 9.74. The predicted octanol–water partition coefficient (Wildman–Crippen LogP) is 4.25. The summed E-state index contributed by atoms with van der Waals surface area (Å²) in [6.45, 7) is 6.94. The normalized spacial score (nSPS) is 42.3. The Bertz CT molecular complexity index is 301. The molecular weight excluding hydrogens is 196 g/mol. The topological polar surface area (TPSA) is 12.5 Å². The van der Waals surface area contributed by atoms with E-state index in [1.54, 1.807) is 0 Å². The van der Waals surface area contributed by atoms with Crippen molar-refractivity contribution >= 4 is 0 Å². The van der Waals surface area contributed by atoms with Crippen molar-refractivity contribution in [3.63, 3.8) is 0 Å². The van der Waals surface area contributed by atoms with E-state index in [1.165, 1.54) is 25.7 Å². The SMILES string of the molecule is CC1(C)C/C=C\CC/C=C\CCC2OC21C. The van der Waals surface area contributed by atoms with Crippen LogP contribution >= 0.6 is 0 Å². The van der Waals surface area contributed by atoms with Crippen molar-refractivity contribution in [2.24, 2.45) is 5.41 Å². The average Bonchev–Trinajstić information content (AvgIpc) is 2.88. The zero-order chi connectivity index (χ0) is 11.6. The first-order valence-electron chi connectivity index (χ1n) is 6.54. The summed E-state index contributed by atoms with van der Waals surface area (Å²) >= 11 is 0. The van der Waals surface area contributed by atoms with E-state index in [0.717, 1.165) is 6.42 Å². The maximum Gasteiger partial charge on any atom is 0.0973 e. The fraction of sp³-hybridized carbons (Fsp3) is 0.733. The minimum atomic E-state index is 0.102. The third-order valence-electron chi connectivity index (χ3n) is 4.35. The first-order valence-corrected chi connectivity index (χ1v) is 6.54. The molecule has 90 valence electrons. The van der Waals surface area contributed by atoms with Crippen LogP contribution in [0, 0.1) is 5.41 Å². The number of ether oxygens (including phenoxy) is 1. The molecule has 1 fully saturated rings. The molecule has 0 aromatic rings. The summed E-state index contributed by atoms with van der Waals surface area (Å²) in [6, 6.07) is 0. The fourth-order valence-corrected chi connectivity index (χ4v) is 2.57. The zero-order valence-corrected chi connectivity index (χ0v) is 10.8. The van der Waals surface area contributed by atoms with Crippen LogP contribution in [-0.4, -0.2) is 11.7 Å². The van der Waals surface area contributed by atoms with E-state index in [-0.39, 0.29) is 11.0 Å². The molecule has 1 nitrogen and oxygen atoms in total. The lowest BCUT2D eigenvalue weighted by Crippen LogP contribution is -2.32. The summed E-state index contributed by atoms with van der Waals surface area (Å²) in [6.07, 6.45) is 15.6. The number of rotatable bonds is 0. The van der Waals surface area contributed by atoms with Crippen LogP contribution in [0.2, 0.25) is 0 Å². The van der Waals surface area contributed by atoms with Crippen molar-refractivity contribution in [1.82, 2.24) is 0 Å². The molecule has 1 heterocycles. The second kappa shape index (κ2) is 4.37. The van der Waals surface area contributed by atoms with Crippen molar-refractivity contribution in [3.8, 4) is 0 Å². The largest absolute Gasteiger partial charge is 0.366 e. The van der Waals surface area contributed by atoms with Crippen LogP contribution in [0.5, 0.6) is 0 Å². The van der Waals surface area contributed by atoms with Gasteiger partial charge in [0.15, 0.2) is 0 Å². The van der Waals surface area contributed by atoms with Gasteiger partial charge in [-0.2, -0.15) is 0 Å². The summed E-state index contributed by atoms with van der Waals surface area (Å²) in [5.41, 5.74) is 0.363. The Morgan fingerprint density at radius 2 is 1.56 bits per heavy atom. The van der Waals surface area contributed by atoms with Gasteiger partial charge in [0.1, 0.15) is 0 Å². The van der Waals surface area contributed by atoms with E-state index in [1.807, 2.05) is 0 Å². The summed E-state index contributed by atoms with van der Waals surface area (Å²) in [5, 5.41) is 0. The second-order valence-electron chi connectivity index (χ2n) is 5.90. The summed E-state index contributed by atoms with van der Waals surface area (Å²) < 4.78 is 5.97. The highest BCUT2D eigenvalue weighted by Crippen LogP contribution is 2.53. The summed E-state index contributed by atoms with van der Waals surface area (Å²) in [4.78, 5) is 0. The van der Waals surface area contributed by atoms with Crippen LogP contribution in [0.15, 0.2) is 24.3 Å². The van der Waals surface area contributed by atoms with Gasteiger partial charge in [-0.25, -0.2) is 0 Å². The van der Waals surface area contributed by atoms with Crippen molar-refractivity contribution in [3.05, 3.63) is 24.3 Å². The summed E-state index contributed by atoms with van der Waals surface area (Å²) in [5.74, 6) is 0. The molecule has 2 rings (SSSR count). The van der Waals surface area contributed by atoms with E-state index in [9.17, 15) is 0 Å². The molecule has 1 aliphatic carbocycles. The minimum Gasteiger partial charge on any atom is -0.366 e. The number of fused-ring (bicyclic) bond motifs is 1. The highest BCUT2D eigenvalue weighted by Gasteiger charge is 2.60. The standard InChI is InChI=1S/C15H24O/c1-14(2)12-10-8-6-4-5-7-9-11-13-15(14,3)16-13/h5,7-8,10,13H,4,6,9,11-12H2,1-3H3/b7-5-,10-8-. The Hall–Kier alpha value is -0.560. The van der Waals surface area contributed by atoms with E-state index in [0.29, 0.717) is 6.10 Å². The number of allylic oxidation sites excluding steroid dienone is 4. The van der Waals surface area contributed by atoms with Gasteiger partial charge in [-0.1, -0.05) is 38.2 Å². The summed E-state index contributed by atoms with van der Waals surface area (Å²) in [7, 11) is 0. The van der Waals surface area contributed by atoms with Gasteiger partial charge < -0.3 is 4.74 Å². The molecule has 1 aliphatic heterocycles. The van der Waals surface area contributed by atoms with Gasteiger partial charge in [-0.05, 0) is 44.4 Å². The third kappa shape index (κ3) is 2.24.